The van der Waals surface area contributed by atoms with Crippen LogP contribution in [0.4, 0.5) is 5.69 Å². The number of piperidine rings is 1. The molecule has 0 atom stereocenters. The van der Waals surface area contributed by atoms with Gasteiger partial charge in [0.1, 0.15) is 5.78 Å². The van der Waals surface area contributed by atoms with Crippen molar-refractivity contribution < 1.29 is 19.2 Å². The average Bonchev–Trinajstić information content (AvgIpc) is 2.58. The van der Waals surface area contributed by atoms with Crippen molar-refractivity contribution in [3.63, 3.8) is 0 Å². The molecule has 1 aromatic carbocycles. The van der Waals surface area contributed by atoms with Gasteiger partial charge in [-0.3, -0.25) is 19.3 Å². The maximum Gasteiger partial charge on any atom is 0.230 e. The maximum atomic E-state index is 12.4. The third-order valence-electron chi connectivity index (χ3n) is 4.65. The highest BCUT2D eigenvalue weighted by atomic mass is 16.2. The Balaban J connectivity index is 1.96. The summed E-state index contributed by atoms with van der Waals surface area (Å²) in [5, 5.41) is 2.86. The molecule has 1 fully saturated rings. The van der Waals surface area contributed by atoms with Crippen LogP contribution in [0.5, 0.6) is 0 Å². The van der Waals surface area contributed by atoms with Crippen molar-refractivity contribution >= 4 is 29.2 Å². The van der Waals surface area contributed by atoms with Gasteiger partial charge in [-0.15, -0.1) is 0 Å². The van der Waals surface area contributed by atoms with Crippen molar-refractivity contribution in [3.8, 4) is 0 Å². The Hall–Kier alpha value is -2.50. The van der Waals surface area contributed by atoms with Gasteiger partial charge in [0.2, 0.25) is 17.7 Å². The molecule has 0 saturated carbocycles. The molecule has 6 heteroatoms. The van der Waals surface area contributed by atoms with Crippen LogP contribution >= 0.6 is 0 Å². The standard InChI is InChI=1S/C20H26N2O4/c1-14(23)11-12-20(2,3)19(26)21-16-9-7-15(8-10-16)13-22-17(24)5-4-6-18(22)25/h7-10H,4-6,11-13H2,1-3H3,(H,21,26). The molecule has 1 aromatic rings. The quantitative estimate of drug-likeness (QED) is 0.759. The summed E-state index contributed by atoms with van der Waals surface area (Å²) in [6.07, 6.45) is 2.31. The summed E-state index contributed by atoms with van der Waals surface area (Å²) in [5.74, 6) is -0.346. The Bertz CT molecular complexity index is 691. The fourth-order valence-corrected chi connectivity index (χ4v) is 2.75. The Labute approximate surface area is 153 Å². The van der Waals surface area contributed by atoms with Gasteiger partial charge < -0.3 is 10.1 Å². The number of ketones is 1. The smallest absolute Gasteiger partial charge is 0.230 e. The normalized spacial score (nSPS) is 15.1. The van der Waals surface area contributed by atoms with Crippen LogP contribution in [0.3, 0.4) is 0 Å². The van der Waals surface area contributed by atoms with Crippen molar-refractivity contribution in [2.45, 2.75) is 59.4 Å². The van der Waals surface area contributed by atoms with Crippen molar-refractivity contribution in [2.24, 2.45) is 5.41 Å². The highest BCUT2D eigenvalue weighted by Gasteiger charge is 2.28. The van der Waals surface area contributed by atoms with E-state index in [1.807, 2.05) is 13.8 Å². The molecule has 0 aliphatic carbocycles. The predicted octanol–water partition coefficient (Wildman–Crippen LogP) is 3.06. The molecule has 0 radical (unpaired) electrons. The Kier molecular flexibility index (Phi) is 6.29. The zero-order valence-corrected chi connectivity index (χ0v) is 15.6. The number of hydrogen-bond acceptors (Lipinski definition) is 4. The van der Waals surface area contributed by atoms with E-state index in [2.05, 4.69) is 5.32 Å². The van der Waals surface area contributed by atoms with Crippen LogP contribution in [-0.2, 0) is 25.7 Å². The van der Waals surface area contributed by atoms with Gasteiger partial charge in [0.15, 0.2) is 0 Å². The van der Waals surface area contributed by atoms with Crippen molar-refractivity contribution in [1.29, 1.82) is 0 Å². The number of amides is 3. The number of nitrogens with one attached hydrogen (secondary N) is 1. The van der Waals surface area contributed by atoms with Crippen molar-refractivity contribution in [3.05, 3.63) is 29.8 Å². The van der Waals surface area contributed by atoms with Gasteiger partial charge in [-0.1, -0.05) is 26.0 Å². The lowest BCUT2D eigenvalue weighted by Gasteiger charge is -2.25. The number of hydrogen-bond donors (Lipinski definition) is 1. The molecule has 140 valence electrons. The summed E-state index contributed by atoms with van der Waals surface area (Å²) in [4.78, 5) is 48.6. The predicted molar refractivity (Wildman–Crippen MR) is 98.2 cm³/mol. The second-order valence-corrected chi connectivity index (χ2v) is 7.46. The largest absolute Gasteiger partial charge is 0.326 e. The van der Waals surface area contributed by atoms with Crippen LogP contribution in [0.15, 0.2) is 24.3 Å². The van der Waals surface area contributed by atoms with E-state index in [-0.39, 0.29) is 30.0 Å². The molecule has 0 unspecified atom stereocenters. The van der Waals surface area contributed by atoms with Crippen LogP contribution in [0, 0.1) is 5.41 Å². The van der Waals surface area contributed by atoms with E-state index in [1.54, 1.807) is 24.3 Å². The zero-order valence-electron chi connectivity index (χ0n) is 15.6. The SMILES string of the molecule is CC(=O)CCC(C)(C)C(=O)Nc1ccc(CN2C(=O)CCCC2=O)cc1. The van der Waals surface area contributed by atoms with E-state index in [1.165, 1.54) is 11.8 Å². The number of rotatable bonds is 7. The van der Waals surface area contributed by atoms with Gasteiger partial charge >= 0.3 is 0 Å². The fourth-order valence-electron chi connectivity index (χ4n) is 2.75. The molecule has 1 heterocycles. The Morgan fingerprint density at radius 2 is 1.65 bits per heavy atom. The molecule has 3 amide bonds. The molecule has 2 rings (SSSR count). The van der Waals surface area contributed by atoms with Gasteiger partial charge in [0, 0.05) is 30.4 Å². The first-order valence-corrected chi connectivity index (χ1v) is 8.92. The number of likely N-dealkylation sites (tertiary alicyclic amines) is 1. The number of imide groups is 1. The second kappa shape index (κ2) is 8.25. The van der Waals surface area contributed by atoms with Crippen molar-refractivity contribution in [2.75, 3.05) is 5.32 Å². The third kappa shape index (κ3) is 5.25. The second-order valence-electron chi connectivity index (χ2n) is 7.46. The summed E-state index contributed by atoms with van der Waals surface area (Å²) in [6, 6.07) is 7.11. The van der Waals surface area contributed by atoms with Crippen LogP contribution in [0.2, 0.25) is 0 Å². The summed E-state index contributed by atoms with van der Waals surface area (Å²) >= 11 is 0. The molecule has 0 bridgehead atoms. The fraction of sp³-hybridized carbons (Fsp3) is 0.500. The molecular weight excluding hydrogens is 332 g/mol. The number of carbonyl (C=O) groups excluding carboxylic acids is 4. The first-order valence-electron chi connectivity index (χ1n) is 8.92. The van der Waals surface area contributed by atoms with Crippen molar-refractivity contribution in [1.82, 2.24) is 4.90 Å². The lowest BCUT2D eigenvalue weighted by Crippen LogP contribution is -2.39. The first kappa shape index (κ1) is 19.8. The van der Waals surface area contributed by atoms with Crippen LogP contribution in [-0.4, -0.2) is 28.4 Å². The highest BCUT2D eigenvalue weighted by molar-refractivity contribution is 5.97. The van der Waals surface area contributed by atoms with Gasteiger partial charge in [0.05, 0.1) is 6.54 Å². The number of Topliss-reactive ketones (excluding diaryl/α,β-unsaturated/α-hetero) is 1. The van der Waals surface area contributed by atoms with Crippen LogP contribution in [0.1, 0.15) is 58.4 Å². The minimum absolute atomic E-state index is 0.0667. The van der Waals surface area contributed by atoms with Gasteiger partial charge in [-0.2, -0.15) is 0 Å². The molecule has 0 spiro atoms. The summed E-state index contributed by atoms with van der Waals surface area (Å²) in [7, 11) is 0. The van der Waals surface area contributed by atoms with Gasteiger partial charge in [0.25, 0.3) is 0 Å². The molecule has 1 aliphatic rings. The van der Waals surface area contributed by atoms with E-state index < -0.39 is 5.41 Å². The summed E-state index contributed by atoms with van der Waals surface area (Å²) in [5.41, 5.74) is 0.838. The van der Waals surface area contributed by atoms with E-state index in [0.29, 0.717) is 37.8 Å². The molecule has 0 aromatic heterocycles. The van der Waals surface area contributed by atoms with E-state index in [4.69, 9.17) is 0 Å². The van der Waals surface area contributed by atoms with E-state index in [0.717, 1.165) is 5.56 Å². The van der Waals surface area contributed by atoms with Crippen LogP contribution < -0.4 is 5.32 Å². The molecule has 6 nitrogen and oxygen atoms in total. The topological polar surface area (TPSA) is 83.6 Å². The van der Waals surface area contributed by atoms with Crippen LogP contribution in [0.25, 0.3) is 0 Å². The molecule has 1 aliphatic heterocycles. The van der Waals surface area contributed by atoms with Gasteiger partial charge in [-0.25, -0.2) is 0 Å². The lowest BCUT2D eigenvalue weighted by molar-refractivity contribution is -0.148. The Morgan fingerprint density at radius 1 is 1.08 bits per heavy atom. The number of anilines is 1. The van der Waals surface area contributed by atoms with E-state index in [9.17, 15) is 19.2 Å². The van der Waals surface area contributed by atoms with E-state index >= 15 is 0 Å². The minimum atomic E-state index is -0.642. The maximum absolute atomic E-state index is 12.4. The van der Waals surface area contributed by atoms with Gasteiger partial charge in [-0.05, 0) is 37.5 Å². The zero-order chi connectivity index (χ0) is 19.3. The number of carbonyl (C=O) groups is 4. The minimum Gasteiger partial charge on any atom is -0.326 e. The monoisotopic (exact) mass is 358 g/mol. The number of nitrogens with zero attached hydrogens (tertiary/aromatic N) is 1. The highest BCUT2D eigenvalue weighted by Crippen LogP contribution is 2.25. The first-order chi connectivity index (χ1) is 12.2. The molecule has 1 N–H and O–H groups in total. The third-order valence-corrected chi connectivity index (χ3v) is 4.65. The molecular formula is C20H26N2O4. The molecule has 26 heavy (non-hydrogen) atoms. The molecule has 1 saturated heterocycles. The summed E-state index contributed by atoms with van der Waals surface area (Å²) < 4.78 is 0. The Morgan fingerprint density at radius 3 is 2.19 bits per heavy atom. The average molecular weight is 358 g/mol. The summed E-state index contributed by atoms with van der Waals surface area (Å²) in [6.45, 7) is 5.40. The lowest BCUT2D eigenvalue weighted by atomic mass is 9.86. The number of benzene rings is 1.